The first-order chi connectivity index (χ1) is 10.2. The van der Waals surface area contributed by atoms with Crippen molar-refractivity contribution in [2.24, 2.45) is 0 Å². The fourth-order valence-corrected chi connectivity index (χ4v) is 1.90. The standard InChI is InChI=1S/C14H15N5O2/c1-4-20-14-13(16-11-12(17-14)19-21-18-11)15-10-6-5-8(2)9(3)7-10/h5-7H,4H2,1-3H3,(H,15,16,18). The third-order valence-corrected chi connectivity index (χ3v) is 3.13. The van der Waals surface area contributed by atoms with E-state index in [1.165, 1.54) is 11.1 Å². The molecule has 0 aliphatic rings. The molecule has 0 spiro atoms. The molecule has 7 heteroatoms. The fourth-order valence-electron chi connectivity index (χ4n) is 1.90. The first-order valence-electron chi connectivity index (χ1n) is 6.64. The maximum absolute atomic E-state index is 5.50. The Hall–Kier alpha value is -2.70. The maximum Gasteiger partial charge on any atom is 0.260 e. The van der Waals surface area contributed by atoms with E-state index in [9.17, 15) is 0 Å². The van der Waals surface area contributed by atoms with E-state index in [4.69, 9.17) is 4.74 Å². The molecule has 0 bridgehead atoms. The molecule has 2 aromatic heterocycles. The molecule has 0 unspecified atom stereocenters. The largest absolute Gasteiger partial charge is 0.475 e. The minimum atomic E-state index is 0.323. The van der Waals surface area contributed by atoms with Crippen molar-refractivity contribution in [2.45, 2.75) is 20.8 Å². The summed E-state index contributed by atoms with van der Waals surface area (Å²) in [6, 6.07) is 6.06. The van der Waals surface area contributed by atoms with Gasteiger partial charge in [0.1, 0.15) is 0 Å². The highest BCUT2D eigenvalue weighted by Crippen LogP contribution is 2.26. The molecular formula is C14H15N5O2. The second kappa shape index (κ2) is 5.35. The van der Waals surface area contributed by atoms with E-state index < -0.39 is 0 Å². The maximum atomic E-state index is 5.50. The van der Waals surface area contributed by atoms with Crippen LogP contribution >= 0.6 is 0 Å². The molecule has 7 nitrogen and oxygen atoms in total. The number of aryl methyl sites for hydroxylation is 2. The zero-order valence-electron chi connectivity index (χ0n) is 12.0. The Morgan fingerprint density at radius 2 is 1.86 bits per heavy atom. The van der Waals surface area contributed by atoms with Crippen molar-refractivity contribution in [2.75, 3.05) is 11.9 Å². The molecule has 0 amide bonds. The summed E-state index contributed by atoms with van der Waals surface area (Å²) in [5.41, 5.74) is 3.99. The highest BCUT2D eigenvalue weighted by molar-refractivity contribution is 5.71. The summed E-state index contributed by atoms with van der Waals surface area (Å²) >= 11 is 0. The second-order valence-electron chi connectivity index (χ2n) is 4.65. The van der Waals surface area contributed by atoms with Gasteiger partial charge in [-0.15, -0.1) is 0 Å². The number of benzene rings is 1. The Morgan fingerprint density at radius 3 is 2.57 bits per heavy atom. The van der Waals surface area contributed by atoms with Crippen LogP contribution in [0.1, 0.15) is 18.1 Å². The van der Waals surface area contributed by atoms with E-state index in [0.717, 1.165) is 5.69 Å². The van der Waals surface area contributed by atoms with Gasteiger partial charge in [0.2, 0.25) is 11.3 Å². The van der Waals surface area contributed by atoms with Gasteiger partial charge >= 0.3 is 0 Å². The number of anilines is 2. The summed E-state index contributed by atoms with van der Waals surface area (Å²) in [6.07, 6.45) is 0. The smallest absolute Gasteiger partial charge is 0.260 e. The van der Waals surface area contributed by atoms with Crippen molar-refractivity contribution >= 4 is 22.8 Å². The number of nitrogens with zero attached hydrogens (tertiary/aromatic N) is 4. The molecule has 0 saturated heterocycles. The van der Waals surface area contributed by atoms with Crippen molar-refractivity contribution in [3.8, 4) is 5.88 Å². The lowest BCUT2D eigenvalue weighted by atomic mass is 10.1. The summed E-state index contributed by atoms with van der Waals surface area (Å²) in [4.78, 5) is 8.58. The average molecular weight is 285 g/mol. The number of rotatable bonds is 4. The first kappa shape index (κ1) is 13.3. The van der Waals surface area contributed by atoms with Crippen LogP contribution in [0, 0.1) is 13.8 Å². The van der Waals surface area contributed by atoms with E-state index in [0.29, 0.717) is 29.6 Å². The van der Waals surface area contributed by atoms with Gasteiger partial charge in [-0.25, -0.2) is 4.63 Å². The minimum absolute atomic E-state index is 0.323. The number of ether oxygens (including phenoxy) is 1. The summed E-state index contributed by atoms with van der Waals surface area (Å²) in [7, 11) is 0. The molecule has 1 N–H and O–H groups in total. The Labute approximate surface area is 121 Å². The third kappa shape index (κ3) is 2.62. The molecule has 3 aromatic rings. The Morgan fingerprint density at radius 1 is 1.10 bits per heavy atom. The molecule has 21 heavy (non-hydrogen) atoms. The van der Waals surface area contributed by atoms with Crippen LogP contribution in [-0.4, -0.2) is 26.9 Å². The van der Waals surface area contributed by atoms with Crippen molar-refractivity contribution < 1.29 is 9.37 Å². The normalized spacial score (nSPS) is 10.8. The second-order valence-corrected chi connectivity index (χ2v) is 4.65. The number of hydrogen-bond donors (Lipinski definition) is 1. The molecule has 1 aromatic carbocycles. The molecule has 2 heterocycles. The number of nitrogens with one attached hydrogen (secondary N) is 1. The topological polar surface area (TPSA) is 86.0 Å². The van der Waals surface area contributed by atoms with Crippen LogP contribution in [0.25, 0.3) is 11.3 Å². The molecule has 0 fully saturated rings. The Kier molecular flexibility index (Phi) is 3.39. The van der Waals surface area contributed by atoms with Gasteiger partial charge in [-0.05, 0) is 54.3 Å². The zero-order valence-corrected chi connectivity index (χ0v) is 12.0. The highest BCUT2D eigenvalue weighted by atomic mass is 16.6. The number of hydrogen-bond acceptors (Lipinski definition) is 7. The first-order valence-corrected chi connectivity index (χ1v) is 6.64. The SMILES string of the molecule is CCOc1nc2nonc2nc1Nc1ccc(C)c(C)c1. The van der Waals surface area contributed by atoms with Crippen molar-refractivity contribution in [1.82, 2.24) is 20.3 Å². The van der Waals surface area contributed by atoms with Crippen LogP contribution in [0.3, 0.4) is 0 Å². The lowest BCUT2D eigenvalue weighted by Gasteiger charge is -2.11. The number of aromatic nitrogens is 4. The van der Waals surface area contributed by atoms with Gasteiger partial charge in [-0.2, -0.15) is 9.97 Å². The van der Waals surface area contributed by atoms with Crippen molar-refractivity contribution in [3.05, 3.63) is 29.3 Å². The predicted octanol–water partition coefficient (Wildman–Crippen LogP) is 2.77. The predicted molar refractivity (Wildman–Crippen MR) is 77.8 cm³/mol. The van der Waals surface area contributed by atoms with Crippen molar-refractivity contribution in [1.29, 1.82) is 0 Å². The summed E-state index contributed by atoms with van der Waals surface area (Å²) in [6.45, 7) is 6.48. The summed E-state index contributed by atoms with van der Waals surface area (Å²) < 4.78 is 10.1. The lowest BCUT2D eigenvalue weighted by molar-refractivity contribution is 0.312. The van der Waals surface area contributed by atoms with Crippen LogP contribution < -0.4 is 10.1 Å². The van der Waals surface area contributed by atoms with E-state index >= 15 is 0 Å². The molecule has 0 aliphatic heterocycles. The van der Waals surface area contributed by atoms with Gasteiger partial charge in [-0.1, -0.05) is 6.07 Å². The highest BCUT2D eigenvalue weighted by Gasteiger charge is 2.14. The van der Waals surface area contributed by atoms with E-state index in [-0.39, 0.29) is 0 Å². The third-order valence-electron chi connectivity index (χ3n) is 3.13. The fraction of sp³-hybridized carbons (Fsp3) is 0.286. The van der Waals surface area contributed by atoms with Gasteiger partial charge in [0.25, 0.3) is 5.88 Å². The van der Waals surface area contributed by atoms with Crippen molar-refractivity contribution in [3.63, 3.8) is 0 Å². The molecule has 0 saturated carbocycles. The Balaban J connectivity index is 2.00. The Bertz CT molecular complexity index is 784. The molecule has 0 aliphatic carbocycles. The van der Waals surface area contributed by atoms with Gasteiger partial charge in [0.05, 0.1) is 6.61 Å². The zero-order chi connectivity index (χ0) is 14.8. The monoisotopic (exact) mass is 285 g/mol. The molecule has 0 radical (unpaired) electrons. The quantitative estimate of drug-likeness (QED) is 0.788. The van der Waals surface area contributed by atoms with Crippen LogP contribution in [0.5, 0.6) is 5.88 Å². The van der Waals surface area contributed by atoms with Gasteiger partial charge in [-0.3, -0.25) is 0 Å². The minimum Gasteiger partial charge on any atom is -0.475 e. The summed E-state index contributed by atoms with van der Waals surface area (Å²) in [5, 5.41) is 10.6. The van der Waals surface area contributed by atoms with Gasteiger partial charge < -0.3 is 10.1 Å². The van der Waals surface area contributed by atoms with Crippen LogP contribution in [0.15, 0.2) is 22.8 Å². The van der Waals surface area contributed by atoms with Crippen LogP contribution in [-0.2, 0) is 0 Å². The van der Waals surface area contributed by atoms with E-state index in [1.54, 1.807) is 0 Å². The van der Waals surface area contributed by atoms with E-state index in [1.807, 2.05) is 25.1 Å². The lowest BCUT2D eigenvalue weighted by Crippen LogP contribution is -2.03. The van der Waals surface area contributed by atoms with E-state index in [2.05, 4.69) is 44.1 Å². The average Bonchev–Trinajstić information content (AvgIpc) is 2.90. The molecule has 108 valence electrons. The molecule has 0 atom stereocenters. The molecular weight excluding hydrogens is 270 g/mol. The number of fused-ring (bicyclic) bond motifs is 1. The van der Waals surface area contributed by atoms with Crippen LogP contribution in [0.4, 0.5) is 11.5 Å². The van der Waals surface area contributed by atoms with Crippen LogP contribution in [0.2, 0.25) is 0 Å². The molecule has 3 rings (SSSR count). The van der Waals surface area contributed by atoms with Gasteiger partial charge in [0, 0.05) is 5.69 Å². The summed E-state index contributed by atoms with van der Waals surface area (Å²) in [5.74, 6) is 0.863. The van der Waals surface area contributed by atoms with Gasteiger partial charge in [0.15, 0.2) is 5.82 Å².